The van der Waals surface area contributed by atoms with Gasteiger partial charge in [-0.2, -0.15) is 0 Å². The molecule has 2 rings (SSSR count). The normalized spacial score (nSPS) is 11.5. The van der Waals surface area contributed by atoms with Crippen LogP contribution in [0.3, 0.4) is 0 Å². The number of hydrogen-bond donors (Lipinski definition) is 3. The molecule has 6 heteroatoms. The second kappa shape index (κ2) is 6.37. The maximum absolute atomic E-state index is 12.1. The van der Waals surface area contributed by atoms with Crippen molar-refractivity contribution >= 4 is 10.0 Å². The van der Waals surface area contributed by atoms with Gasteiger partial charge in [0.25, 0.3) is 0 Å². The van der Waals surface area contributed by atoms with Gasteiger partial charge in [-0.3, -0.25) is 0 Å². The topological polar surface area (TPSA) is 86.6 Å². The van der Waals surface area contributed by atoms with Gasteiger partial charge in [-0.25, -0.2) is 13.1 Å². The third-order valence-electron chi connectivity index (χ3n) is 3.45. The van der Waals surface area contributed by atoms with Gasteiger partial charge in [0, 0.05) is 6.54 Å². The third kappa shape index (κ3) is 3.78. The highest BCUT2D eigenvalue weighted by Crippen LogP contribution is 2.28. The van der Waals surface area contributed by atoms with Crippen molar-refractivity contribution in [2.75, 3.05) is 6.54 Å². The van der Waals surface area contributed by atoms with Crippen LogP contribution in [0.2, 0.25) is 0 Å². The molecule has 0 heterocycles. The van der Waals surface area contributed by atoms with Crippen LogP contribution in [0.4, 0.5) is 0 Å². The van der Waals surface area contributed by atoms with Crippen LogP contribution in [0.5, 0.6) is 11.5 Å². The summed E-state index contributed by atoms with van der Waals surface area (Å²) in [7, 11) is -3.54. The van der Waals surface area contributed by atoms with Crippen molar-refractivity contribution in [2.24, 2.45) is 0 Å². The van der Waals surface area contributed by atoms with Gasteiger partial charge in [0.05, 0.1) is 4.90 Å². The van der Waals surface area contributed by atoms with Gasteiger partial charge in [-0.15, -0.1) is 0 Å². The first kappa shape index (κ1) is 16.3. The molecule has 0 aliphatic carbocycles. The van der Waals surface area contributed by atoms with Crippen LogP contribution in [0.15, 0.2) is 41.3 Å². The average molecular weight is 321 g/mol. The highest BCUT2D eigenvalue weighted by Gasteiger charge is 2.13. The van der Waals surface area contributed by atoms with Crippen molar-refractivity contribution in [1.82, 2.24) is 4.72 Å². The Kier molecular flexibility index (Phi) is 4.73. The lowest BCUT2D eigenvalue weighted by Crippen LogP contribution is -2.26. The minimum absolute atomic E-state index is 0.179. The van der Waals surface area contributed by atoms with Gasteiger partial charge in [0.2, 0.25) is 10.0 Å². The summed E-state index contributed by atoms with van der Waals surface area (Å²) in [4.78, 5) is 0.225. The number of phenolic OH excluding ortho intramolecular Hbond substituents is 2. The molecule has 0 atom stereocenters. The van der Waals surface area contributed by atoms with Crippen molar-refractivity contribution < 1.29 is 18.6 Å². The number of rotatable bonds is 5. The highest BCUT2D eigenvalue weighted by atomic mass is 32.2. The van der Waals surface area contributed by atoms with E-state index in [-0.39, 0.29) is 22.9 Å². The van der Waals surface area contributed by atoms with Gasteiger partial charge < -0.3 is 10.2 Å². The Morgan fingerprint density at radius 2 is 1.59 bits per heavy atom. The van der Waals surface area contributed by atoms with E-state index in [4.69, 9.17) is 0 Å². The van der Waals surface area contributed by atoms with Crippen LogP contribution in [-0.4, -0.2) is 25.2 Å². The Labute approximate surface area is 130 Å². The fourth-order valence-corrected chi connectivity index (χ4v) is 3.15. The Balaban J connectivity index is 2.04. The second-order valence-electron chi connectivity index (χ2n) is 5.23. The number of hydrogen-bond acceptors (Lipinski definition) is 4. The third-order valence-corrected chi connectivity index (χ3v) is 4.93. The summed E-state index contributed by atoms with van der Waals surface area (Å²) in [5.41, 5.74) is 2.57. The molecule has 0 spiro atoms. The Morgan fingerprint density at radius 1 is 1.00 bits per heavy atom. The molecule has 0 bridgehead atoms. The summed E-state index contributed by atoms with van der Waals surface area (Å²) in [5.74, 6) is -0.386. The monoisotopic (exact) mass is 321 g/mol. The van der Waals surface area contributed by atoms with Gasteiger partial charge in [-0.1, -0.05) is 17.7 Å². The van der Waals surface area contributed by atoms with Gasteiger partial charge in [0.15, 0.2) is 11.5 Å². The summed E-state index contributed by atoms with van der Waals surface area (Å²) >= 11 is 0. The molecule has 0 fully saturated rings. The van der Waals surface area contributed by atoms with E-state index in [9.17, 15) is 18.6 Å². The van der Waals surface area contributed by atoms with Crippen LogP contribution in [-0.2, 0) is 16.4 Å². The smallest absolute Gasteiger partial charge is 0.240 e. The van der Waals surface area contributed by atoms with Crippen molar-refractivity contribution in [3.05, 3.63) is 53.1 Å². The van der Waals surface area contributed by atoms with Gasteiger partial charge in [0.1, 0.15) is 0 Å². The summed E-state index contributed by atoms with van der Waals surface area (Å²) in [6.07, 6.45) is 0.421. The predicted octanol–water partition coefficient (Wildman–Crippen LogP) is 2.24. The van der Waals surface area contributed by atoms with E-state index in [0.29, 0.717) is 6.42 Å². The van der Waals surface area contributed by atoms with Gasteiger partial charge >= 0.3 is 0 Å². The molecular weight excluding hydrogens is 302 g/mol. The maximum Gasteiger partial charge on any atom is 0.240 e. The number of sulfonamides is 1. The Hall–Kier alpha value is -2.05. The van der Waals surface area contributed by atoms with E-state index in [1.54, 1.807) is 31.2 Å². The number of aromatic hydroxyl groups is 2. The van der Waals surface area contributed by atoms with E-state index in [1.165, 1.54) is 12.1 Å². The average Bonchev–Trinajstić information content (AvgIpc) is 2.44. The van der Waals surface area contributed by atoms with E-state index < -0.39 is 10.0 Å². The number of nitrogens with one attached hydrogen (secondary N) is 1. The first-order valence-electron chi connectivity index (χ1n) is 6.87. The van der Waals surface area contributed by atoms with E-state index in [1.807, 2.05) is 6.92 Å². The zero-order chi connectivity index (χ0) is 16.3. The van der Waals surface area contributed by atoms with E-state index >= 15 is 0 Å². The number of aryl methyl sites for hydroxylation is 2. The predicted molar refractivity (Wildman–Crippen MR) is 84.6 cm³/mol. The molecule has 0 amide bonds. The van der Waals surface area contributed by atoms with Crippen LogP contribution in [0.1, 0.15) is 16.7 Å². The fraction of sp³-hybridized carbons (Fsp3) is 0.250. The van der Waals surface area contributed by atoms with Crippen LogP contribution >= 0.6 is 0 Å². The lowest BCUT2D eigenvalue weighted by molar-refractivity contribution is 0.402. The summed E-state index contributed by atoms with van der Waals surface area (Å²) in [6, 6.07) is 9.53. The molecule has 0 aliphatic heterocycles. The van der Waals surface area contributed by atoms with Crippen LogP contribution < -0.4 is 4.72 Å². The van der Waals surface area contributed by atoms with Gasteiger partial charge in [-0.05, 0) is 55.7 Å². The lowest BCUT2D eigenvalue weighted by atomic mass is 10.1. The number of benzene rings is 2. The summed E-state index contributed by atoms with van der Waals surface area (Å²) in [5, 5.41) is 18.9. The molecular formula is C16H19NO4S. The molecule has 0 saturated carbocycles. The standard InChI is InChI=1S/C16H19NO4S/c1-11-3-5-14(6-4-11)22(20,21)17-8-7-13-10-16(19)15(18)9-12(13)2/h3-6,9-10,17-19H,7-8H2,1-2H3. The van der Waals surface area contributed by atoms with Crippen molar-refractivity contribution in [1.29, 1.82) is 0 Å². The number of phenols is 2. The van der Waals surface area contributed by atoms with Crippen LogP contribution in [0, 0.1) is 13.8 Å². The molecule has 0 aromatic heterocycles. The van der Waals surface area contributed by atoms with E-state index in [0.717, 1.165) is 16.7 Å². The lowest BCUT2D eigenvalue weighted by Gasteiger charge is -2.10. The van der Waals surface area contributed by atoms with Crippen molar-refractivity contribution in [3.8, 4) is 11.5 Å². The molecule has 5 nitrogen and oxygen atoms in total. The van der Waals surface area contributed by atoms with Crippen molar-refractivity contribution in [3.63, 3.8) is 0 Å². The highest BCUT2D eigenvalue weighted by molar-refractivity contribution is 7.89. The molecule has 2 aromatic rings. The summed E-state index contributed by atoms with van der Waals surface area (Å²) < 4.78 is 26.8. The minimum Gasteiger partial charge on any atom is -0.504 e. The minimum atomic E-state index is -3.54. The maximum atomic E-state index is 12.1. The molecule has 0 unspecified atom stereocenters. The molecule has 22 heavy (non-hydrogen) atoms. The molecule has 2 aromatic carbocycles. The second-order valence-corrected chi connectivity index (χ2v) is 7.00. The van der Waals surface area contributed by atoms with E-state index in [2.05, 4.69) is 4.72 Å². The molecule has 0 saturated heterocycles. The molecule has 3 N–H and O–H groups in total. The molecule has 0 radical (unpaired) electrons. The fourth-order valence-electron chi connectivity index (χ4n) is 2.11. The zero-order valence-electron chi connectivity index (χ0n) is 12.5. The Bertz CT molecular complexity index is 767. The van der Waals surface area contributed by atoms with Crippen LogP contribution in [0.25, 0.3) is 0 Å². The van der Waals surface area contributed by atoms with Crippen molar-refractivity contribution in [2.45, 2.75) is 25.2 Å². The zero-order valence-corrected chi connectivity index (χ0v) is 13.3. The SMILES string of the molecule is Cc1ccc(S(=O)(=O)NCCc2cc(O)c(O)cc2C)cc1. The quantitative estimate of drug-likeness (QED) is 0.737. The Morgan fingerprint density at radius 3 is 2.23 bits per heavy atom. The largest absolute Gasteiger partial charge is 0.504 e. The first-order chi connectivity index (χ1) is 10.3. The first-order valence-corrected chi connectivity index (χ1v) is 8.36. The summed E-state index contributed by atoms with van der Waals surface area (Å²) in [6.45, 7) is 3.90. The molecule has 118 valence electrons. The molecule has 0 aliphatic rings.